The number of fused-ring (bicyclic) bond motifs is 17. The van der Waals surface area contributed by atoms with Crippen molar-refractivity contribution in [3.63, 3.8) is 0 Å². The maximum atomic E-state index is 3.92. The van der Waals surface area contributed by atoms with Gasteiger partial charge in [0.25, 0.3) is 0 Å². The van der Waals surface area contributed by atoms with Gasteiger partial charge < -0.3 is 4.98 Å². The zero-order valence-corrected chi connectivity index (χ0v) is 21.8. The van der Waals surface area contributed by atoms with Crippen molar-refractivity contribution in [3.05, 3.63) is 144 Å². The average molecular weight is 512 g/mol. The van der Waals surface area contributed by atoms with E-state index in [1.807, 2.05) is 11.3 Å². The minimum atomic E-state index is -0.304. The van der Waals surface area contributed by atoms with E-state index in [0.29, 0.717) is 0 Å². The monoisotopic (exact) mass is 511 g/mol. The molecule has 0 unspecified atom stereocenters. The summed E-state index contributed by atoms with van der Waals surface area (Å²) in [6.07, 6.45) is 0. The summed E-state index contributed by atoms with van der Waals surface area (Å²) in [6, 6.07) is 45.4. The molecule has 8 aromatic rings. The molecule has 0 fully saturated rings. The molecular weight excluding hydrogens is 490 g/mol. The molecular formula is C37H21NS. The summed E-state index contributed by atoms with van der Waals surface area (Å²) in [5.41, 5.74) is 13.1. The summed E-state index contributed by atoms with van der Waals surface area (Å²) in [4.78, 5) is 3.92. The van der Waals surface area contributed by atoms with Crippen LogP contribution in [0.4, 0.5) is 0 Å². The normalized spacial score (nSPS) is 14.4. The molecule has 2 heterocycles. The van der Waals surface area contributed by atoms with Gasteiger partial charge in [-0.2, -0.15) is 0 Å². The molecule has 1 N–H and O–H groups in total. The van der Waals surface area contributed by atoms with Gasteiger partial charge in [-0.15, -0.1) is 11.3 Å². The van der Waals surface area contributed by atoms with E-state index in [0.717, 1.165) is 0 Å². The highest BCUT2D eigenvalue weighted by Gasteiger charge is 2.51. The summed E-state index contributed by atoms with van der Waals surface area (Å²) < 4.78 is 2.68. The van der Waals surface area contributed by atoms with E-state index in [1.165, 1.54) is 86.5 Å². The number of rotatable bonds is 0. The highest BCUT2D eigenvalue weighted by molar-refractivity contribution is 7.25. The first-order chi connectivity index (χ1) is 19.3. The molecule has 1 nitrogen and oxygen atoms in total. The summed E-state index contributed by atoms with van der Waals surface area (Å²) in [5, 5.41) is 5.29. The van der Waals surface area contributed by atoms with Crippen LogP contribution >= 0.6 is 11.3 Å². The Kier molecular flexibility index (Phi) is 3.57. The maximum absolute atomic E-state index is 3.92. The molecule has 2 aromatic heterocycles. The Bertz CT molecular complexity index is 2300. The van der Waals surface area contributed by atoms with Gasteiger partial charge in [0.2, 0.25) is 0 Å². The predicted octanol–water partition coefficient (Wildman–Crippen LogP) is 10.0. The Labute approximate surface area is 229 Å². The van der Waals surface area contributed by atoms with Crippen molar-refractivity contribution in [1.82, 2.24) is 4.98 Å². The van der Waals surface area contributed by atoms with Gasteiger partial charge in [-0.1, -0.05) is 103 Å². The lowest BCUT2D eigenvalue weighted by molar-refractivity contribution is 0.794. The largest absolute Gasteiger partial charge is 0.354 e. The molecule has 6 aromatic carbocycles. The molecule has 2 aliphatic rings. The van der Waals surface area contributed by atoms with Gasteiger partial charge in [0.05, 0.1) is 10.9 Å². The van der Waals surface area contributed by atoms with E-state index in [4.69, 9.17) is 0 Å². The highest BCUT2D eigenvalue weighted by atomic mass is 32.1. The third-order valence-corrected chi connectivity index (χ3v) is 10.4. The van der Waals surface area contributed by atoms with Gasteiger partial charge in [-0.3, -0.25) is 0 Å². The van der Waals surface area contributed by atoms with Gasteiger partial charge in [0, 0.05) is 42.0 Å². The number of hydrogen-bond donors (Lipinski definition) is 1. The zero-order valence-electron chi connectivity index (χ0n) is 21.0. The van der Waals surface area contributed by atoms with Crippen LogP contribution in [0.3, 0.4) is 0 Å². The van der Waals surface area contributed by atoms with Crippen LogP contribution in [0.5, 0.6) is 0 Å². The molecule has 39 heavy (non-hydrogen) atoms. The second-order valence-electron chi connectivity index (χ2n) is 10.9. The molecule has 0 atom stereocenters. The van der Waals surface area contributed by atoms with Crippen LogP contribution in [0.25, 0.3) is 64.2 Å². The van der Waals surface area contributed by atoms with Crippen LogP contribution < -0.4 is 0 Å². The Balaban J connectivity index is 1.37. The first-order valence-electron chi connectivity index (χ1n) is 13.5. The fraction of sp³-hybridized carbons (Fsp3) is 0.0270. The summed E-state index contributed by atoms with van der Waals surface area (Å²) in [7, 11) is 0. The van der Waals surface area contributed by atoms with Crippen molar-refractivity contribution in [2.24, 2.45) is 0 Å². The lowest BCUT2D eigenvalue weighted by Crippen LogP contribution is -2.25. The lowest BCUT2D eigenvalue weighted by Gasteiger charge is -2.30. The predicted molar refractivity (Wildman–Crippen MR) is 165 cm³/mol. The highest BCUT2D eigenvalue weighted by Crippen LogP contribution is 2.63. The second kappa shape index (κ2) is 6.85. The van der Waals surface area contributed by atoms with Crippen LogP contribution in [-0.2, 0) is 5.41 Å². The quantitative estimate of drug-likeness (QED) is 0.208. The van der Waals surface area contributed by atoms with Gasteiger partial charge >= 0.3 is 0 Å². The van der Waals surface area contributed by atoms with E-state index in [-0.39, 0.29) is 5.41 Å². The third-order valence-electron chi connectivity index (χ3n) is 9.23. The number of H-pyrrole nitrogens is 1. The molecule has 0 radical (unpaired) electrons. The minimum absolute atomic E-state index is 0.304. The molecule has 0 aliphatic heterocycles. The molecule has 1 spiro atoms. The van der Waals surface area contributed by atoms with Crippen LogP contribution in [0, 0.1) is 0 Å². The number of benzene rings is 6. The number of aromatic nitrogens is 1. The number of nitrogens with one attached hydrogen (secondary N) is 1. The molecule has 0 saturated heterocycles. The van der Waals surface area contributed by atoms with Crippen molar-refractivity contribution in [2.75, 3.05) is 0 Å². The molecule has 0 saturated carbocycles. The first kappa shape index (κ1) is 20.3. The second-order valence-corrected chi connectivity index (χ2v) is 12.0. The number of aromatic amines is 1. The summed E-state index contributed by atoms with van der Waals surface area (Å²) in [6.45, 7) is 0. The van der Waals surface area contributed by atoms with Crippen molar-refractivity contribution in [2.45, 2.75) is 5.41 Å². The topological polar surface area (TPSA) is 15.8 Å². The summed E-state index contributed by atoms with van der Waals surface area (Å²) >= 11 is 1.88. The van der Waals surface area contributed by atoms with E-state index in [1.54, 1.807) is 0 Å². The van der Waals surface area contributed by atoms with Crippen molar-refractivity contribution in [1.29, 1.82) is 0 Å². The van der Waals surface area contributed by atoms with Gasteiger partial charge in [-0.25, -0.2) is 0 Å². The molecule has 0 bridgehead atoms. The molecule has 10 rings (SSSR count). The Morgan fingerprint density at radius 3 is 1.87 bits per heavy atom. The standard InChI is InChI=1S/C37H21NS/c1-5-13-28-21(9-1)22-10-2-6-14-29(22)37(28)30-15-7-3-12-25(30)35-31(37)18-17-24-26-19-27-23-11-4-8-16-33(23)39-34(27)20-32(26)38-36(24)35/h1-20,38H. The Morgan fingerprint density at radius 2 is 1.10 bits per heavy atom. The number of hydrogen-bond acceptors (Lipinski definition) is 1. The van der Waals surface area contributed by atoms with E-state index in [9.17, 15) is 0 Å². The Hall–Kier alpha value is -4.66. The summed E-state index contributed by atoms with van der Waals surface area (Å²) in [5.74, 6) is 0. The van der Waals surface area contributed by atoms with E-state index < -0.39 is 0 Å². The minimum Gasteiger partial charge on any atom is -0.354 e. The average Bonchev–Trinajstić information content (AvgIpc) is 3.70. The fourth-order valence-electron chi connectivity index (χ4n) is 7.77. The van der Waals surface area contributed by atoms with Crippen LogP contribution in [0.15, 0.2) is 121 Å². The zero-order chi connectivity index (χ0) is 25.3. The number of thiophene rings is 1. The lowest BCUT2D eigenvalue weighted by atomic mass is 9.70. The molecule has 180 valence electrons. The maximum Gasteiger partial charge on any atom is 0.0726 e. The van der Waals surface area contributed by atoms with Crippen LogP contribution in [0.2, 0.25) is 0 Å². The van der Waals surface area contributed by atoms with Crippen LogP contribution in [-0.4, -0.2) is 4.98 Å². The van der Waals surface area contributed by atoms with Crippen molar-refractivity contribution < 1.29 is 0 Å². The van der Waals surface area contributed by atoms with Gasteiger partial charge in [0.1, 0.15) is 0 Å². The smallest absolute Gasteiger partial charge is 0.0726 e. The van der Waals surface area contributed by atoms with Crippen molar-refractivity contribution >= 4 is 53.3 Å². The Morgan fingerprint density at radius 1 is 0.462 bits per heavy atom. The van der Waals surface area contributed by atoms with Crippen molar-refractivity contribution in [3.8, 4) is 22.3 Å². The molecule has 0 amide bonds. The van der Waals surface area contributed by atoms with Crippen LogP contribution in [0.1, 0.15) is 22.3 Å². The van der Waals surface area contributed by atoms with E-state index in [2.05, 4.69) is 126 Å². The molecule has 2 aliphatic carbocycles. The van der Waals surface area contributed by atoms with E-state index >= 15 is 0 Å². The first-order valence-corrected chi connectivity index (χ1v) is 14.3. The third kappa shape index (κ3) is 2.26. The SMILES string of the molecule is c1ccc2c(c1)-c1ccccc1C21c2ccccc2-c2c1ccc1c2[nH]c2cc3sc4ccccc4c3cc21. The van der Waals surface area contributed by atoms with Gasteiger partial charge in [-0.05, 0) is 57.1 Å². The van der Waals surface area contributed by atoms with Gasteiger partial charge in [0.15, 0.2) is 0 Å². The fourth-order valence-corrected chi connectivity index (χ4v) is 8.90. The molecule has 2 heteroatoms.